The molecular formula is C14H22O2. The van der Waals surface area contributed by atoms with E-state index in [-0.39, 0.29) is 12.1 Å². The molecule has 0 bridgehead atoms. The van der Waals surface area contributed by atoms with E-state index in [0.29, 0.717) is 11.3 Å². The quantitative estimate of drug-likeness (QED) is 0.669. The Morgan fingerprint density at radius 2 is 2.25 bits per heavy atom. The van der Waals surface area contributed by atoms with Gasteiger partial charge < -0.3 is 4.74 Å². The van der Waals surface area contributed by atoms with E-state index in [1.165, 1.54) is 18.4 Å². The van der Waals surface area contributed by atoms with Crippen molar-refractivity contribution in [2.24, 2.45) is 11.3 Å². The van der Waals surface area contributed by atoms with Crippen molar-refractivity contribution in [1.82, 2.24) is 0 Å². The molecule has 3 atom stereocenters. The molecule has 0 aromatic rings. The molecule has 0 aromatic carbocycles. The van der Waals surface area contributed by atoms with Crippen LogP contribution >= 0.6 is 0 Å². The Morgan fingerprint density at radius 3 is 2.88 bits per heavy atom. The van der Waals surface area contributed by atoms with E-state index >= 15 is 0 Å². The molecule has 0 spiro atoms. The van der Waals surface area contributed by atoms with Crippen molar-refractivity contribution in [2.45, 2.75) is 59.5 Å². The molecule has 1 aliphatic heterocycles. The van der Waals surface area contributed by atoms with Crippen LogP contribution in [0.25, 0.3) is 0 Å². The van der Waals surface area contributed by atoms with E-state index < -0.39 is 0 Å². The summed E-state index contributed by atoms with van der Waals surface area (Å²) >= 11 is 0. The van der Waals surface area contributed by atoms with Crippen LogP contribution in [-0.4, -0.2) is 12.1 Å². The van der Waals surface area contributed by atoms with Crippen LogP contribution in [0.1, 0.15) is 53.4 Å². The van der Waals surface area contributed by atoms with Crippen molar-refractivity contribution in [3.63, 3.8) is 0 Å². The minimum atomic E-state index is -0.0894. The average molecular weight is 222 g/mol. The van der Waals surface area contributed by atoms with Gasteiger partial charge in [0.1, 0.15) is 6.10 Å². The highest BCUT2D eigenvalue weighted by molar-refractivity contribution is 5.91. The molecule has 0 amide bonds. The molecule has 0 radical (unpaired) electrons. The highest BCUT2D eigenvalue weighted by atomic mass is 16.5. The van der Waals surface area contributed by atoms with Crippen molar-refractivity contribution in [3.05, 3.63) is 11.1 Å². The van der Waals surface area contributed by atoms with Gasteiger partial charge in [-0.25, -0.2) is 4.79 Å². The summed E-state index contributed by atoms with van der Waals surface area (Å²) in [5.74, 6) is 0.613. The zero-order valence-electron chi connectivity index (χ0n) is 10.8. The largest absolute Gasteiger partial charge is 0.454 e. The average Bonchev–Trinajstić information content (AvgIpc) is 2.53. The summed E-state index contributed by atoms with van der Waals surface area (Å²) in [4.78, 5) is 11.5. The molecule has 1 aliphatic carbocycles. The van der Waals surface area contributed by atoms with Gasteiger partial charge in [-0.3, -0.25) is 0 Å². The first-order valence-corrected chi connectivity index (χ1v) is 6.38. The Balaban J connectivity index is 2.17. The molecule has 3 unspecified atom stereocenters. The monoisotopic (exact) mass is 222 g/mol. The summed E-state index contributed by atoms with van der Waals surface area (Å²) in [7, 11) is 0. The minimum Gasteiger partial charge on any atom is -0.454 e. The summed E-state index contributed by atoms with van der Waals surface area (Å²) in [6.45, 7) is 8.81. The highest BCUT2D eigenvalue weighted by Gasteiger charge is 2.43. The molecule has 2 nitrogen and oxygen atoms in total. The minimum absolute atomic E-state index is 0.0836. The molecular weight excluding hydrogens is 200 g/mol. The van der Waals surface area contributed by atoms with Gasteiger partial charge in [-0.05, 0) is 43.1 Å². The summed E-state index contributed by atoms with van der Waals surface area (Å²) < 4.78 is 5.45. The van der Waals surface area contributed by atoms with Gasteiger partial charge in [0.25, 0.3) is 0 Å². The van der Waals surface area contributed by atoms with Crippen LogP contribution in [0.15, 0.2) is 11.1 Å². The maximum atomic E-state index is 11.5. The zero-order chi connectivity index (χ0) is 11.9. The molecule has 2 rings (SSSR count). The number of fused-ring (bicyclic) bond motifs is 1. The van der Waals surface area contributed by atoms with Gasteiger partial charge in [0, 0.05) is 5.57 Å². The summed E-state index contributed by atoms with van der Waals surface area (Å²) in [5.41, 5.74) is 2.48. The molecule has 90 valence electrons. The van der Waals surface area contributed by atoms with Gasteiger partial charge in [0.2, 0.25) is 0 Å². The van der Waals surface area contributed by atoms with Gasteiger partial charge in [-0.2, -0.15) is 0 Å². The lowest BCUT2D eigenvalue weighted by Crippen LogP contribution is -2.35. The lowest BCUT2D eigenvalue weighted by atomic mass is 9.65. The fraction of sp³-hybridized carbons (Fsp3) is 0.786. The van der Waals surface area contributed by atoms with E-state index in [1.54, 1.807) is 0 Å². The predicted octanol–water partition coefficient (Wildman–Crippen LogP) is 3.46. The van der Waals surface area contributed by atoms with E-state index in [1.807, 2.05) is 6.92 Å². The third kappa shape index (κ3) is 1.68. The first-order valence-electron chi connectivity index (χ1n) is 6.38. The van der Waals surface area contributed by atoms with Crippen LogP contribution in [0.4, 0.5) is 0 Å². The molecule has 1 fully saturated rings. The normalized spacial score (nSPS) is 36.0. The number of rotatable bonds is 2. The lowest BCUT2D eigenvalue weighted by molar-refractivity contribution is -0.141. The lowest BCUT2D eigenvalue weighted by Gasteiger charge is -2.41. The van der Waals surface area contributed by atoms with Gasteiger partial charge >= 0.3 is 5.97 Å². The molecule has 1 saturated carbocycles. The number of hydrogen-bond donors (Lipinski definition) is 0. The van der Waals surface area contributed by atoms with Gasteiger partial charge in [0.05, 0.1) is 0 Å². The topological polar surface area (TPSA) is 26.3 Å². The molecule has 16 heavy (non-hydrogen) atoms. The van der Waals surface area contributed by atoms with Crippen LogP contribution in [0.3, 0.4) is 0 Å². The van der Waals surface area contributed by atoms with E-state index in [9.17, 15) is 4.79 Å². The van der Waals surface area contributed by atoms with Crippen molar-refractivity contribution in [3.8, 4) is 0 Å². The summed E-state index contributed by atoms with van der Waals surface area (Å²) in [6, 6.07) is 0. The summed E-state index contributed by atoms with van der Waals surface area (Å²) in [5, 5.41) is 0. The van der Waals surface area contributed by atoms with Crippen LogP contribution in [0.5, 0.6) is 0 Å². The van der Waals surface area contributed by atoms with Crippen LogP contribution in [-0.2, 0) is 9.53 Å². The smallest absolute Gasteiger partial charge is 0.334 e. The number of carbonyl (C=O) groups is 1. The van der Waals surface area contributed by atoms with E-state index in [0.717, 1.165) is 18.4 Å². The number of carbonyl (C=O) groups excluding carboxylic acids is 1. The Labute approximate surface area is 98.1 Å². The Kier molecular flexibility index (Phi) is 2.85. The Morgan fingerprint density at radius 1 is 1.56 bits per heavy atom. The first-order chi connectivity index (χ1) is 7.48. The van der Waals surface area contributed by atoms with Crippen LogP contribution < -0.4 is 0 Å². The fourth-order valence-electron chi connectivity index (χ4n) is 3.06. The predicted molar refractivity (Wildman–Crippen MR) is 64.0 cm³/mol. The number of esters is 1. The highest BCUT2D eigenvalue weighted by Crippen LogP contribution is 2.48. The van der Waals surface area contributed by atoms with Crippen LogP contribution in [0.2, 0.25) is 0 Å². The number of hydrogen-bond acceptors (Lipinski definition) is 2. The maximum Gasteiger partial charge on any atom is 0.334 e. The first kappa shape index (κ1) is 11.7. The Bertz CT molecular complexity index is 343. The third-order valence-corrected chi connectivity index (χ3v) is 4.85. The molecule has 0 N–H and O–H groups in total. The standard InChI is InChI=1S/C14H22O2/c1-5-9(2)14(4)7-6-11-10(3)13(15)16-12(11)8-14/h9,12H,5-8H2,1-4H3. The molecule has 0 aromatic heterocycles. The number of ether oxygens (including phenoxy) is 1. The zero-order valence-corrected chi connectivity index (χ0v) is 10.8. The van der Waals surface area contributed by atoms with E-state index in [2.05, 4.69) is 20.8 Å². The van der Waals surface area contributed by atoms with Crippen molar-refractivity contribution < 1.29 is 9.53 Å². The summed E-state index contributed by atoms with van der Waals surface area (Å²) in [6.07, 6.45) is 4.54. The maximum absolute atomic E-state index is 11.5. The fourth-order valence-corrected chi connectivity index (χ4v) is 3.06. The molecule has 2 aliphatic rings. The van der Waals surface area contributed by atoms with Gasteiger partial charge in [0.15, 0.2) is 0 Å². The van der Waals surface area contributed by atoms with Crippen LogP contribution in [0, 0.1) is 11.3 Å². The van der Waals surface area contributed by atoms with Crippen molar-refractivity contribution in [2.75, 3.05) is 0 Å². The van der Waals surface area contributed by atoms with E-state index in [4.69, 9.17) is 4.74 Å². The second kappa shape index (κ2) is 3.90. The van der Waals surface area contributed by atoms with Gasteiger partial charge in [-0.1, -0.05) is 27.2 Å². The second-order valence-electron chi connectivity index (χ2n) is 5.71. The molecule has 2 heteroatoms. The third-order valence-electron chi connectivity index (χ3n) is 4.85. The molecule has 1 heterocycles. The van der Waals surface area contributed by atoms with Crippen molar-refractivity contribution >= 4 is 5.97 Å². The molecule has 0 saturated heterocycles. The SMILES string of the molecule is CCC(C)C1(C)CCC2=C(C)C(=O)OC2C1. The van der Waals surface area contributed by atoms with Crippen molar-refractivity contribution in [1.29, 1.82) is 0 Å². The Hall–Kier alpha value is -0.790. The van der Waals surface area contributed by atoms with Gasteiger partial charge in [-0.15, -0.1) is 0 Å². The second-order valence-corrected chi connectivity index (χ2v) is 5.71.